The quantitative estimate of drug-likeness (QED) is 0.267. The molecule has 5 nitrogen and oxygen atoms in total. The molecule has 6 heteroatoms. The van der Waals surface area contributed by atoms with Crippen LogP contribution in [0.15, 0.2) is 0 Å². The lowest BCUT2D eigenvalue weighted by Gasteiger charge is -2.65. The van der Waals surface area contributed by atoms with E-state index < -0.39 is 5.41 Å². The van der Waals surface area contributed by atoms with E-state index in [0.29, 0.717) is 30.0 Å². The third kappa shape index (κ3) is 4.29. The Labute approximate surface area is 226 Å². The molecule has 0 saturated heterocycles. The van der Waals surface area contributed by atoms with Crippen molar-refractivity contribution in [3.63, 3.8) is 0 Å². The Kier molecular flexibility index (Phi) is 8.07. The first kappa shape index (κ1) is 28.1. The number of hydrogen-bond acceptors (Lipinski definition) is 5. The summed E-state index contributed by atoms with van der Waals surface area (Å²) in [6.07, 6.45) is 7.45. The van der Waals surface area contributed by atoms with Crippen molar-refractivity contribution in [3.05, 3.63) is 0 Å². The number of hydrogen-bond donors (Lipinski definition) is 0. The van der Waals surface area contributed by atoms with Gasteiger partial charge in [-0.2, -0.15) is 0 Å². The molecular weight excluding hydrogens is 520 g/mol. The minimum Gasteiger partial charge on any atom is -0.469 e. The summed E-state index contributed by atoms with van der Waals surface area (Å²) < 4.78 is 11.2. The van der Waals surface area contributed by atoms with Crippen molar-refractivity contribution in [1.29, 1.82) is 0 Å². The minimum atomic E-state index is -0.479. The van der Waals surface area contributed by atoms with Gasteiger partial charge in [0, 0.05) is 24.7 Å². The summed E-state index contributed by atoms with van der Waals surface area (Å²) in [5, 5.41) is 0. The van der Waals surface area contributed by atoms with E-state index in [1.54, 1.807) is 6.92 Å². The molecule has 0 amide bonds. The standard InChI is InChI=1S/C30H47BrO5/c1-8-19-22-15-16(2)13-14-29(22,5)25-24(27(19)36-18(4)32)21-11-10-20(17(3)9-12-23(33)35-7)30(21,6)28(34)26(25)31/h16-17,19-22,24-27H,8-15H2,1-7H3/t16-,17-,19-,20-,21?,22+,24?,25?,26+,27-,29+,30-/m1/s1. The Morgan fingerprint density at radius 2 is 1.86 bits per heavy atom. The van der Waals surface area contributed by atoms with Crippen LogP contribution >= 0.6 is 15.9 Å². The van der Waals surface area contributed by atoms with Crippen LogP contribution in [0.1, 0.15) is 92.9 Å². The Hall–Kier alpha value is -0.910. The van der Waals surface area contributed by atoms with E-state index in [2.05, 4.69) is 50.5 Å². The molecule has 12 atom stereocenters. The Morgan fingerprint density at radius 3 is 2.47 bits per heavy atom. The fraction of sp³-hybridized carbons (Fsp3) is 0.900. The first-order valence-electron chi connectivity index (χ1n) is 14.3. The molecule has 0 bridgehead atoms. The SMILES string of the molecule is CC[C@H]1[C@@H](OC(C)=O)C2C3CC[C@H]([C@H](C)CCC(=O)OC)[C@@]3(C)C(=O)[C@@H](Br)C2[C@@]2(C)CC[C@@H](C)C[C@@H]12. The van der Waals surface area contributed by atoms with Gasteiger partial charge < -0.3 is 9.47 Å². The van der Waals surface area contributed by atoms with Gasteiger partial charge in [0.1, 0.15) is 6.10 Å². The number of carbonyl (C=O) groups is 3. The maximum absolute atomic E-state index is 14.4. The van der Waals surface area contributed by atoms with Crippen molar-refractivity contribution in [3.8, 4) is 0 Å². The third-order valence-corrected chi connectivity index (χ3v) is 12.5. The number of Topliss-reactive ketones (excluding diaryl/α,β-unsaturated/α-hetero) is 1. The van der Waals surface area contributed by atoms with Gasteiger partial charge in [-0.15, -0.1) is 0 Å². The molecule has 0 spiro atoms. The van der Waals surface area contributed by atoms with Crippen LogP contribution in [0.3, 0.4) is 0 Å². The lowest BCUT2D eigenvalue weighted by atomic mass is 9.40. The number of fused-ring (bicyclic) bond motifs is 5. The van der Waals surface area contributed by atoms with E-state index in [0.717, 1.165) is 38.5 Å². The second-order valence-electron chi connectivity index (χ2n) is 13.2. The lowest BCUT2D eigenvalue weighted by Crippen LogP contribution is -2.68. The zero-order chi connectivity index (χ0) is 26.6. The molecule has 0 N–H and O–H groups in total. The predicted molar refractivity (Wildman–Crippen MR) is 143 cm³/mol. The fourth-order valence-electron chi connectivity index (χ4n) is 9.86. The smallest absolute Gasteiger partial charge is 0.305 e. The van der Waals surface area contributed by atoms with Gasteiger partial charge in [-0.25, -0.2) is 0 Å². The molecule has 204 valence electrons. The Balaban J connectivity index is 1.76. The lowest BCUT2D eigenvalue weighted by molar-refractivity contribution is -0.209. The first-order chi connectivity index (χ1) is 16.9. The zero-order valence-electron chi connectivity index (χ0n) is 23.3. The summed E-state index contributed by atoms with van der Waals surface area (Å²) in [4.78, 5) is 38.5. The van der Waals surface area contributed by atoms with E-state index in [4.69, 9.17) is 9.47 Å². The monoisotopic (exact) mass is 566 g/mol. The zero-order valence-corrected chi connectivity index (χ0v) is 24.9. The van der Waals surface area contributed by atoms with Gasteiger partial charge in [-0.3, -0.25) is 14.4 Å². The highest BCUT2D eigenvalue weighted by molar-refractivity contribution is 9.10. The number of ether oxygens (including phenoxy) is 2. The van der Waals surface area contributed by atoms with Crippen LogP contribution in [0, 0.1) is 58.2 Å². The number of esters is 2. The van der Waals surface area contributed by atoms with Crippen molar-refractivity contribution in [2.45, 2.75) is 104 Å². The van der Waals surface area contributed by atoms with Crippen molar-refractivity contribution in [2.75, 3.05) is 7.11 Å². The largest absolute Gasteiger partial charge is 0.469 e. The molecule has 36 heavy (non-hydrogen) atoms. The van der Waals surface area contributed by atoms with E-state index in [1.165, 1.54) is 13.5 Å². The molecule has 4 aliphatic rings. The van der Waals surface area contributed by atoms with Gasteiger partial charge in [-0.1, -0.05) is 57.0 Å². The molecule has 4 fully saturated rings. The molecule has 4 rings (SSSR count). The summed E-state index contributed by atoms with van der Waals surface area (Å²) in [6, 6.07) is 0. The van der Waals surface area contributed by atoms with Crippen molar-refractivity contribution in [2.24, 2.45) is 58.2 Å². The van der Waals surface area contributed by atoms with Gasteiger partial charge in [0.15, 0.2) is 5.78 Å². The average molecular weight is 568 g/mol. The highest BCUT2D eigenvalue weighted by Crippen LogP contribution is 2.70. The highest BCUT2D eigenvalue weighted by atomic mass is 79.9. The molecule has 3 unspecified atom stereocenters. The second-order valence-corrected chi connectivity index (χ2v) is 14.2. The van der Waals surface area contributed by atoms with Crippen LogP contribution in [-0.2, 0) is 23.9 Å². The molecule has 0 aliphatic heterocycles. The van der Waals surface area contributed by atoms with E-state index in [-0.39, 0.29) is 57.9 Å². The van der Waals surface area contributed by atoms with Crippen LogP contribution in [0.25, 0.3) is 0 Å². The van der Waals surface area contributed by atoms with Gasteiger partial charge in [0.05, 0.1) is 11.9 Å². The fourth-order valence-corrected chi connectivity index (χ4v) is 11.3. The van der Waals surface area contributed by atoms with Crippen LogP contribution < -0.4 is 0 Å². The van der Waals surface area contributed by atoms with E-state index >= 15 is 0 Å². The molecule has 0 aromatic heterocycles. The number of methoxy groups -OCH3 is 1. The first-order valence-corrected chi connectivity index (χ1v) is 15.3. The number of carbonyl (C=O) groups excluding carboxylic acids is 3. The second kappa shape index (κ2) is 10.3. The molecule has 0 heterocycles. The van der Waals surface area contributed by atoms with Crippen LogP contribution in [0.5, 0.6) is 0 Å². The van der Waals surface area contributed by atoms with E-state index in [9.17, 15) is 14.4 Å². The molecule has 0 radical (unpaired) electrons. The summed E-state index contributed by atoms with van der Waals surface area (Å²) in [5.41, 5.74) is -0.416. The van der Waals surface area contributed by atoms with Gasteiger partial charge in [-0.05, 0) is 85.4 Å². The molecule has 0 aromatic rings. The molecular formula is C30H47BrO5. The summed E-state index contributed by atoms with van der Waals surface area (Å²) in [6.45, 7) is 13.0. The van der Waals surface area contributed by atoms with Gasteiger partial charge in [0.2, 0.25) is 0 Å². The minimum absolute atomic E-state index is 0.0637. The number of ketones is 1. The van der Waals surface area contributed by atoms with Gasteiger partial charge in [0.25, 0.3) is 0 Å². The van der Waals surface area contributed by atoms with Crippen LogP contribution in [0.2, 0.25) is 0 Å². The number of halogens is 1. The normalized spacial score (nSPS) is 46.8. The maximum atomic E-state index is 14.4. The highest BCUT2D eigenvalue weighted by Gasteiger charge is 2.70. The van der Waals surface area contributed by atoms with Crippen molar-refractivity contribution < 1.29 is 23.9 Å². The summed E-state index contributed by atoms with van der Waals surface area (Å²) in [7, 11) is 1.43. The van der Waals surface area contributed by atoms with E-state index in [1.807, 2.05) is 0 Å². The molecule has 4 saturated carbocycles. The number of rotatable bonds is 6. The average Bonchev–Trinajstić information content (AvgIpc) is 3.19. The third-order valence-electron chi connectivity index (χ3n) is 11.6. The van der Waals surface area contributed by atoms with Crippen molar-refractivity contribution >= 4 is 33.7 Å². The van der Waals surface area contributed by atoms with Crippen LogP contribution in [-0.4, -0.2) is 35.8 Å². The topological polar surface area (TPSA) is 69.7 Å². The van der Waals surface area contributed by atoms with Gasteiger partial charge >= 0.3 is 11.9 Å². The summed E-state index contributed by atoms with van der Waals surface area (Å²) >= 11 is 4.00. The molecule has 0 aromatic carbocycles. The Bertz CT molecular complexity index is 873. The number of alkyl halides is 1. The summed E-state index contributed by atoms with van der Waals surface area (Å²) in [5.74, 6) is 2.43. The maximum Gasteiger partial charge on any atom is 0.305 e. The van der Waals surface area contributed by atoms with Crippen LogP contribution in [0.4, 0.5) is 0 Å². The Morgan fingerprint density at radius 1 is 1.17 bits per heavy atom. The predicted octanol–water partition coefficient (Wildman–Crippen LogP) is 6.60. The van der Waals surface area contributed by atoms with Crippen molar-refractivity contribution in [1.82, 2.24) is 0 Å². The molecule has 4 aliphatic carbocycles.